The molecule has 7 heteroatoms. The third-order valence-corrected chi connectivity index (χ3v) is 2.71. The van der Waals surface area contributed by atoms with Gasteiger partial charge < -0.3 is 9.47 Å². The van der Waals surface area contributed by atoms with Crippen LogP contribution in [0.1, 0.15) is 29.3 Å². The summed E-state index contributed by atoms with van der Waals surface area (Å²) in [6, 6.07) is 3.87. The molecule has 0 spiro atoms. The van der Waals surface area contributed by atoms with E-state index in [2.05, 4.69) is 4.74 Å². The first-order chi connectivity index (χ1) is 9.40. The van der Waals surface area contributed by atoms with Gasteiger partial charge in [-0.1, -0.05) is 6.92 Å². The monoisotopic (exact) mass is 281 g/mol. The third kappa shape index (κ3) is 3.53. The van der Waals surface area contributed by atoms with Gasteiger partial charge in [-0.25, -0.2) is 9.59 Å². The lowest BCUT2D eigenvalue weighted by Gasteiger charge is -2.13. The van der Waals surface area contributed by atoms with Gasteiger partial charge in [-0.05, 0) is 25.5 Å². The number of esters is 2. The Morgan fingerprint density at radius 2 is 2.05 bits per heavy atom. The Balaban J connectivity index is 2.90. The fraction of sp³-hybridized carbons (Fsp3) is 0.385. The van der Waals surface area contributed by atoms with Crippen molar-refractivity contribution in [2.75, 3.05) is 7.11 Å². The highest BCUT2D eigenvalue weighted by Gasteiger charge is 2.23. The number of hydrogen-bond acceptors (Lipinski definition) is 6. The van der Waals surface area contributed by atoms with Crippen LogP contribution in [-0.4, -0.2) is 30.1 Å². The van der Waals surface area contributed by atoms with Crippen molar-refractivity contribution < 1.29 is 24.0 Å². The quantitative estimate of drug-likeness (QED) is 0.465. The molecule has 0 saturated carbocycles. The molecule has 0 aliphatic heterocycles. The average molecular weight is 281 g/mol. The van der Waals surface area contributed by atoms with E-state index in [-0.39, 0.29) is 17.7 Å². The van der Waals surface area contributed by atoms with Crippen molar-refractivity contribution in [2.24, 2.45) is 0 Å². The van der Waals surface area contributed by atoms with Gasteiger partial charge in [-0.3, -0.25) is 10.1 Å². The summed E-state index contributed by atoms with van der Waals surface area (Å²) in [5, 5.41) is 10.7. The first kappa shape index (κ1) is 15.6. The van der Waals surface area contributed by atoms with Gasteiger partial charge in [0.25, 0.3) is 5.69 Å². The highest BCUT2D eigenvalue weighted by atomic mass is 16.6. The lowest BCUT2D eigenvalue weighted by Crippen LogP contribution is -2.27. The molecular formula is C13H15NO6. The molecule has 0 unspecified atom stereocenters. The molecule has 1 rings (SSSR count). The third-order valence-electron chi connectivity index (χ3n) is 2.71. The molecule has 0 saturated heterocycles. The van der Waals surface area contributed by atoms with Crippen LogP contribution in [0, 0.1) is 17.0 Å². The van der Waals surface area contributed by atoms with E-state index in [0.717, 1.165) is 0 Å². The van der Waals surface area contributed by atoms with E-state index < -0.39 is 23.0 Å². The lowest BCUT2D eigenvalue weighted by atomic mass is 10.1. The molecule has 1 aromatic rings. The van der Waals surface area contributed by atoms with E-state index in [1.807, 2.05) is 0 Å². The zero-order valence-electron chi connectivity index (χ0n) is 11.4. The molecular weight excluding hydrogens is 266 g/mol. The molecule has 0 heterocycles. The molecule has 0 N–H and O–H groups in total. The molecule has 0 aromatic heterocycles. The summed E-state index contributed by atoms with van der Waals surface area (Å²) in [5.41, 5.74) is 0.410. The van der Waals surface area contributed by atoms with Gasteiger partial charge in [0.1, 0.15) is 0 Å². The molecule has 0 fully saturated rings. The van der Waals surface area contributed by atoms with Crippen molar-refractivity contribution in [1.82, 2.24) is 0 Å². The summed E-state index contributed by atoms with van der Waals surface area (Å²) in [4.78, 5) is 33.3. The summed E-state index contributed by atoms with van der Waals surface area (Å²) in [7, 11) is 1.20. The Labute approximate surface area is 115 Å². The van der Waals surface area contributed by atoms with Crippen LogP contribution in [0.25, 0.3) is 0 Å². The van der Waals surface area contributed by atoms with Crippen molar-refractivity contribution in [2.45, 2.75) is 26.4 Å². The Morgan fingerprint density at radius 3 is 2.50 bits per heavy atom. The van der Waals surface area contributed by atoms with Crippen molar-refractivity contribution in [3.63, 3.8) is 0 Å². The first-order valence-corrected chi connectivity index (χ1v) is 5.94. The van der Waals surface area contributed by atoms with Crippen molar-refractivity contribution >= 4 is 17.6 Å². The van der Waals surface area contributed by atoms with Crippen molar-refractivity contribution in [3.05, 3.63) is 39.4 Å². The maximum absolute atomic E-state index is 11.9. The van der Waals surface area contributed by atoms with Crippen molar-refractivity contribution in [3.8, 4) is 0 Å². The number of hydrogen-bond donors (Lipinski definition) is 0. The van der Waals surface area contributed by atoms with Gasteiger partial charge >= 0.3 is 11.9 Å². The minimum absolute atomic E-state index is 0.0819. The topological polar surface area (TPSA) is 95.7 Å². The van der Waals surface area contributed by atoms with E-state index in [1.165, 1.54) is 32.2 Å². The summed E-state index contributed by atoms with van der Waals surface area (Å²) >= 11 is 0. The molecule has 20 heavy (non-hydrogen) atoms. The smallest absolute Gasteiger partial charge is 0.347 e. The molecule has 1 aromatic carbocycles. The van der Waals surface area contributed by atoms with Crippen LogP contribution in [0.3, 0.4) is 0 Å². The second kappa shape index (κ2) is 6.65. The number of nitro groups is 1. The van der Waals surface area contributed by atoms with Crippen LogP contribution in [0.15, 0.2) is 18.2 Å². The van der Waals surface area contributed by atoms with E-state index >= 15 is 0 Å². The molecule has 0 aliphatic carbocycles. The second-order valence-electron chi connectivity index (χ2n) is 4.08. The van der Waals surface area contributed by atoms with Crippen LogP contribution in [-0.2, 0) is 14.3 Å². The van der Waals surface area contributed by atoms with Gasteiger partial charge in [0.05, 0.1) is 17.6 Å². The SMILES string of the molecule is CC[C@@H](OC(=O)c1ccc([N+](=O)[O-])c(C)c1)C(=O)OC. The van der Waals surface area contributed by atoms with Gasteiger partial charge in [0.15, 0.2) is 6.10 Å². The fourth-order valence-corrected chi connectivity index (χ4v) is 1.61. The van der Waals surface area contributed by atoms with Crippen molar-refractivity contribution in [1.29, 1.82) is 0 Å². The predicted octanol–water partition coefficient (Wildman–Crippen LogP) is 2.01. The van der Waals surface area contributed by atoms with Crippen LogP contribution >= 0.6 is 0 Å². The predicted molar refractivity (Wildman–Crippen MR) is 69.3 cm³/mol. The number of aryl methyl sites for hydroxylation is 1. The lowest BCUT2D eigenvalue weighted by molar-refractivity contribution is -0.385. The normalized spacial score (nSPS) is 11.6. The van der Waals surface area contributed by atoms with Crippen LogP contribution in [0.5, 0.6) is 0 Å². The number of methoxy groups -OCH3 is 1. The Bertz CT molecular complexity index is 540. The van der Waals surface area contributed by atoms with E-state index in [0.29, 0.717) is 5.56 Å². The van der Waals surface area contributed by atoms with Crippen LogP contribution in [0.4, 0.5) is 5.69 Å². The van der Waals surface area contributed by atoms with Crippen LogP contribution < -0.4 is 0 Å². The van der Waals surface area contributed by atoms with Gasteiger partial charge in [0, 0.05) is 11.6 Å². The number of rotatable bonds is 5. The van der Waals surface area contributed by atoms with Gasteiger partial charge in [-0.2, -0.15) is 0 Å². The molecule has 1 atom stereocenters. The highest BCUT2D eigenvalue weighted by Crippen LogP contribution is 2.19. The molecule has 0 aliphatic rings. The molecule has 0 radical (unpaired) electrons. The number of ether oxygens (including phenoxy) is 2. The first-order valence-electron chi connectivity index (χ1n) is 5.94. The van der Waals surface area contributed by atoms with E-state index in [4.69, 9.17) is 4.74 Å². The standard InChI is InChI=1S/C13H15NO6/c1-4-11(13(16)19-3)20-12(15)9-5-6-10(14(17)18)8(2)7-9/h5-7,11H,4H2,1-3H3/t11-/m1/s1. The maximum Gasteiger partial charge on any atom is 0.347 e. The molecule has 0 amide bonds. The number of carbonyl (C=O) groups is 2. The molecule has 7 nitrogen and oxygen atoms in total. The number of carbonyl (C=O) groups excluding carboxylic acids is 2. The zero-order chi connectivity index (χ0) is 15.3. The number of benzene rings is 1. The summed E-state index contributed by atoms with van der Waals surface area (Å²) in [5.74, 6) is -1.36. The van der Waals surface area contributed by atoms with Gasteiger partial charge in [-0.15, -0.1) is 0 Å². The zero-order valence-corrected chi connectivity index (χ0v) is 11.4. The minimum Gasteiger partial charge on any atom is -0.466 e. The van der Waals surface area contributed by atoms with Crippen LogP contribution in [0.2, 0.25) is 0 Å². The van der Waals surface area contributed by atoms with Gasteiger partial charge in [0.2, 0.25) is 0 Å². The largest absolute Gasteiger partial charge is 0.466 e. The average Bonchev–Trinajstić information content (AvgIpc) is 2.42. The number of nitrogens with zero attached hydrogens (tertiary/aromatic N) is 1. The van der Waals surface area contributed by atoms with E-state index in [1.54, 1.807) is 6.92 Å². The second-order valence-corrected chi connectivity index (χ2v) is 4.08. The molecule has 0 bridgehead atoms. The maximum atomic E-state index is 11.9. The highest BCUT2D eigenvalue weighted by molar-refractivity contribution is 5.92. The molecule has 108 valence electrons. The Hall–Kier alpha value is -2.44. The fourth-order valence-electron chi connectivity index (χ4n) is 1.61. The number of nitro benzene ring substituents is 1. The summed E-state index contributed by atoms with van der Waals surface area (Å²) < 4.78 is 9.52. The Morgan fingerprint density at radius 1 is 1.40 bits per heavy atom. The summed E-state index contributed by atoms with van der Waals surface area (Å²) in [6.07, 6.45) is -0.701. The minimum atomic E-state index is -0.983. The summed E-state index contributed by atoms with van der Waals surface area (Å²) in [6.45, 7) is 3.20. The Kier molecular flexibility index (Phi) is 5.19. The van der Waals surface area contributed by atoms with E-state index in [9.17, 15) is 19.7 Å².